The summed E-state index contributed by atoms with van der Waals surface area (Å²) in [5.74, 6) is 0.151. The lowest BCUT2D eigenvalue weighted by Crippen LogP contribution is -2.25. The van der Waals surface area contributed by atoms with Crippen LogP contribution in [0.2, 0.25) is 0 Å². The number of hydrogen-bond donors (Lipinski definition) is 1. The van der Waals surface area contributed by atoms with E-state index >= 15 is 0 Å². The van der Waals surface area contributed by atoms with E-state index in [9.17, 15) is 4.79 Å². The number of aryl methyl sites for hydroxylation is 1. The van der Waals surface area contributed by atoms with Gasteiger partial charge in [-0.3, -0.25) is 9.69 Å². The first-order chi connectivity index (χ1) is 10.6. The largest absolute Gasteiger partial charge is 0.398 e. The van der Waals surface area contributed by atoms with Gasteiger partial charge in [0.05, 0.1) is 0 Å². The standard InChI is InChI=1S/C19H24N2O/c1-3-21(14-16-7-5-4-6-8-16)12-11-19(22)17-10-9-15(2)18(20)13-17/h4-10,13H,3,11-12,14,20H2,1-2H3. The molecule has 0 amide bonds. The average Bonchev–Trinajstić information content (AvgIpc) is 2.54. The van der Waals surface area contributed by atoms with Gasteiger partial charge in [-0.1, -0.05) is 49.4 Å². The number of hydrogen-bond acceptors (Lipinski definition) is 3. The van der Waals surface area contributed by atoms with Gasteiger partial charge in [-0.25, -0.2) is 0 Å². The van der Waals surface area contributed by atoms with Crippen LogP contribution >= 0.6 is 0 Å². The van der Waals surface area contributed by atoms with Gasteiger partial charge in [-0.05, 0) is 30.7 Å². The van der Waals surface area contributed by atoms with Crippen LogP contribution in [0.1, 0.15) is 34.8 Å². The Bertz CT molecular complexity index is 623. The van der Waals surface area contributed by atoms with Crippen molar-refractivity contribution in [3.05, 3.63) is 65.2 Å². The van der Waals surface area contributed by atoms with Crippen LogP contribution in [0.4, 0.5) is 5.69 Å². The van der Waals surface area contributed by atoms with Crippen LogP contribution in [0.3, 0.4) is 0 Å². The molecule has 2 rings (SSSR count). The maximum absolute atomic E-state index is 12.3. The van der Waals surface area contributed by atoms with E-state index in [-0.39, 0.29) is 5.78 Å². The Kier molecular flexibility index (Phi) is 5.73. The van der Waals surface area contributed by atoms with Gasteiger partial charge in [0.25, 0.3) is 0 Å². The quantitative estimate of drug-likeness (QED) is 0.626. The molecule has 0 aliphatic heterocycles. The Morgan fingerprint density at radius 1 is 1.14 bits per heavy atom. The fraction of sp³-hybridized carbons (Fsp3) is 0.316. The van der Waals surface area contributed by atoms with E-state index in [1.54, 1.807) is 6.07 Å². The van der Waals surface area contributed by atoms with Crippen molar-refractivity contribution in [3.8, 4) is 0 Å². The van der Waals surface area contributed by atoms with Crippen LogP contribution in [0.15, 0.2) is 48.5 Å². The fourth-order valence-electron chi connectivity index (χ4n) is 2.41. The monoisotopic (exact) mass is 296 g/mol. The molecule has 2 N–H and O–H groups in total. The molecule has 116 valence electrons. The van der Waals surface area contributed by atoms with Gasteiger partial charge < -0.3 is 5.73 Å². The van der Waals surface area contributed by atoms with Crippen molar-refractivity contribution >= 4 is 11.5 Å². The van der Waals surface area contributed by atoms with Gasteiger partial charge in [-0.15, -0.1) is 0 Å². The topological polar surface area (TPSA) is 46.3 Å². The Balaban J connectivity index is 1.92. The van der Waals surface area contributed by atoms with Gasteiger partial charge >= 0.3 is 0 Å². The Morgan fingerprint density at radius 2 is 1.86 bits per heavy atom. The molecule has 0 aromatic heterocycles. The van der Waals surface area contributed by atoms with Crippen molar-refractivity contribution in [1.82, 2.24) is 4.90 Å². The second kappa shape index (κ2) is 7.76. The van der Waals surface area contributed by atoms with E-state index in [4.69, 9.17) is 5.73 Å². The molecular weight excluding hydrogens is 272 g/mol. The van der Waals surface area contributed by atoms with Gasteiger partial charge in [0.1, 0.15) is 0 Å². The maximum Gasteiger partial charge on any atom is 0.164 e. The predicted octanol–water partition coefficient (Wildman–Crippen LogP) is 3.67. The molecule has 0 spiro atoms. The molecule has 0 saturated carbocycles. The summed E-state index contributed by atoms with van der Waals surface area (Å²) in [6.45, 7) is 6.64. The lowest BCUT2D eigenvalue weighted by atomic mass is 10.0. The first kappa shape index (κ1) is 16.2. The van der Waals surface area contributed by atoms with Crippen molar-refractivity contribution in [2.45, 2.75) is 26.8 Å². The fourth-order valence-corrected chi connectivity index (χ4v) is 2.41. The molecule has 3 heteroatoms. The number of nitrogen functional groups attached to an aromatic ring is 1. The SMILES string of the molecule is CCN(CCC(=O)c1ccc(C)c(N)c1)Cc1ccccc1. The zero-order valence-electron chi connectivity index (χ0n) is 13.4. The van der Waals surface area contributed by atoms with Crippen molar-refractivity contribution in [2.24, 2.45) is 0 Å². The molecule has 3 nitrogen and oxygen atoms in total. The normalized spacial score (nSPS) is 10.9. The second-order valence-corrected chi connectivity index (χ2v) is 5.60. The Hall–Kier alpha value is -2.13. The number of rotatable bonds is 7. The summed E-state index contributed by atoms with van der Waals surface area (Å²) in [5, 5.41) is 0. The summed E-state index contributed by atoms with van der Waals surface area (Å²) >= 11 is 0. The minimum atomic E-state index is 0.151. The summed E-state index contributed by atoms with van der Waals surface area (Å²) in [7, 11) is 0. The molecule has 0 heterocycles. The molecule has 0 bridgehead atoms. The Morgan fingerprint density at radius 3 is 2.50 bits per heavy atom. The first-order valence-corrected chi connectivity index (χ1v) is 7.75. The predicted molar refractivity (Wildman–Crippen MR) is 91.9 cm³/mol. The Labute approximate surface area is 132 Å². The van der Waals surface area contributed by atoms with Crippen molar-refractivity contribution in [3.63, 3.8) is 0 Å². The smallest absolute Gasteiger partial charge is 0.164 e. The summed E-state index contributed by atoms with van der Waals surface area (Å²) in [6.07, 6.45) is 0.517. The number of ketones is 1. The molecule has 0 atom stereocenters. The highest BCUT2D eigenvalue weighted by molar-refractivity contribution is 5.97. The highest BCUT2D eigenvalue weighted by atomic mass is 16.1. The molecule has 2 aromatic carbocycles. The molecule has 0 radical (unpaired) electrons. The summed E-state index contributed by atoms with van der Waals surface area (Å²) in [6, 6.07) is 15.9. The number of Topliss-reactive ketones (excluding diaryl/α,β-unsaturated/α-hetero) is 1. The highest BCUT2D eigenvalue weighted by Crippen LogP contribution is 2.15. The van der Waals surface area contributed by atoms with Crippen LogP contribution in [0, 0.1) is 6.92 Å². The van der Waals surface area contributed by atoms with E-state index in [0.717, 1.165) is 25.2 Å². The van der Waals surface area contributed by atoms with Crippen LogP contribution < -0.4 is 5.73 Å². The van der Waals surface area contributed by atoms with E-state index in [1.807, 2.05) is 37.3 Å². The third kappa shape index (κ3) is 4.43. The van der Waals surface area contributed by atoms with Crippen molar-refractivity contribution < 1.29 is 4.79 Å². The third-order valence-electron chi connectivity index (χ3n) is 3.95. The van der Waals surface area contributed by atoms with Crippen molar-refractivity contribution in [2.75, 3.05) is 18.8 Å². The van der Waals surface area contributed by atoms with Crippen LogP contribution in [-0.2, 0) is 6.54 Å². The maximum atomic E-state index is 12.3. The van der Waals surface area contributed by atoms with E-state index in [0.29, 0.717) is 17.7 Å². The lowest BCUT2D eigenvalue weighted by Gasteiger charge is -2.20. The van der Waals surface area contributed by atoms with Gasteiger partial charge in [0, 0.05) is 30.8 Å². The number of carbonyl (C=O) groups excluding carboxylic acids is 1. The zero-order chi connectivity index (χ0) is 15.9. The van der Waals surface area contributed by atoms with E-state index in [2.05, 4.69) is 24.0 Å². The van der Waals surface area contributed by atoms with Gasteiger partial charge in [-0.2, -0.15) is 0 Å². The summed E-state index contributed by atoms with van der Waals surface area (Å²) in [5.41, 5.74) is 9.55. The van der Waals surface area contributed by atoms with Crippen molar-refractivity contribution in [1.29, 1.82) is 0 Å². The average molecular weight is 296 g/mol. The molecule has 0 aliphatic carbocycles. The third-order valence-corrected chi connectivity index (χ3v) is 3.95. The zero-order valence-corrected chi connectivity index (χ0v) is 13.4. The van der Waals surface area contributed by atoms with E-state index < -0.39 is 0 Å². The van der Waals surface area contributed by atoms with Crippen LogP contribution in [-0.4, -0.2) is 23.8 Å². The lowest BCUT2D eigenvalue weighted by molar-refractivity contribution is 0.0963. The number of carbonyl (C=O) groups is 1. The van der Waals surface area contributed by atoms with Gasteiger partial charge in [0.2, 0.25) is 0 Å². The highest BCUT2D eigenvalue weighted by Gasteiger charge is 2.10. The molecule has 0 unspecified atom stereocenters. The first-order valence-electron chi connectivity index (χ1n) is 7.75. The summed E-state index contributed by atoms with van der Waals surface area (Å²) < 4.78 is 0. The molecule has 0 aliphatic rings. The molecule has 22 heavy (non-hydrogen) atoms. The number of anilines is 1. The minimum Gasteiger partial charge on any atom is -0.398 e. The molecule has 0 saturated heterocycles. The van der Waals surface area contributed by atoms with Crippen LogP contribution in [0.25, 0.3) is 0 Å². The van der Waals surface area contributed by atoms with Crippen LogP contribution in [0.5, 0.6) is 0 Å². The summed E-state index contributed by atoms with van der Waals surface area (Å²) in [4.78, 5) is 14.6. The molecule has 2 aromatic rings. The molecular formula is C19H24N2O. The molecule has 0 fully saturated rings. The van der Waals surface area contributed by atoms with E-state index in [1.165, 1.54) is 5.56 Å². The minimum absolute atomic E-state index is 0.151. The number of nitrogens with two attached hydrogens (primary N) is 1. The number of nitrogens with zero attached hydrogens (tertiary/aromatic N) is 1. The van der Waals surface area contributed by atoms with Gasteiger partial charge in [0.15, 0.2) is 5.78 Å². The second-order valence-electron chi connectivity index (χ2n) is 5.60. The number of benzene rings is 2.